The summed E-state index contributed by atoms with van der Waals surface area (Å²) in [6, 6.07) is 11.0. The Bertz CT molecular complexity index is 631. The predicted octanol–water partition coefficient (Wildman–Crippen LogP) is 4.29. The van der Waals surface area contributed by atoms with Crippen LogP contribution in [0.15, 0.2) is 36.5 Å². The van der Waals surface area contributed by atoms with Crippen molar-refractivity contribution in [3.05, 3.63) is 36.5 Å². The van der Waals surface area contributed by atoms with Crippen molar-refractivity contribution in [3.63, 3.8) is 0 Å². The molecule has 0 radical (unpaired) electrons. The highest BCUT2D eigenvalue weighted by atomic mass is 16.7. The number of hydrogen-bond acceptors (Lipinski definition) is 2. The van der Waals surface area contributed by atoms with E-state index in [2.05, 4.69) is 75.7 Å². The average Bonchev–Trinajstić information content (AvgIpc) is 2.88. The minimum absolute atomic E-state index is 0.147. The Kier molecular flexibility index (Phi) is 3.42. The van der Waals surface area contributed by atoms with Gasteiger partial charge in [0.15, 0.2) is 0 Å². The van der Waals surface area contributed by atoms with Crippen LogP contribution < -0.4 is 0 Å². The Morgan fingerprint density at radius 2 is 1.67 bits per heavy atom. The molecule has 112 valence electrons. The number of aromatic nitrogens is 1. The van der Waals surface area contributed by atoms with Gasteiger partial charge in [-0.2, -0.15) is 0 Å². The van der Waals surface area contributed by atoms with Crippen molar-refractivity contribution < 1.29 is 9.31 Å². The molecular formula is C17H24BNO2. The predicted molar refractivity (Wildman–Crippen MR) is 87.5 cm³/mol. The molecule has 0 unspecified atom stereocenters. The molecule has 1 saturated heterocycles. The van der Waals surface area contributed by atoms with Crippen LogP contribution in [0, 0.1) is 0 Å². The van der Waals surface area contributed by atoms with Crippen molar-refractivity contribution in [2.45, 2.75) is 58.2 Å². The van der Waals surface area contributed by atoms with E-state index in [1.54, 1.807) is 0 Å². The Hall–Kier alpha value is -1.26. The summed E-state index contributed by atoms with van der Waals surface area (Å²) in [6.45, 7) is 10.6. The van der Waals surface area contributed by atoms with Gasteiger partial charge in [0.25, 0.3) is 0 Å². The van der Waals surface area contributed by atoms with E-state index in [1.807, 2.05) is 0 Å². The van der Waals surface area contributed by atoms with Gasteiger partial charge in [0.1, 0.15) is 0 Å². The third-order valence-electron chi connectivity index (χ3n) is 4.94. The number of fused-ring (bicyclic) bond motifs is 1. The average molecular weight is 285 g/mol. The van der Waals surface area contributed by atoms with Crippen molar-refractivity contribution in [1.29, 1.82) is 0 Å². The van der Waals surface area contributed by atoms with Gasteiger partial charge < -0.3 is 13.9 Å². The summed E-state index contributed by atoms with van der Waals surface area (Å²) in [4.78, 5) is 0. The first-order valence-electron chi connectivity index (χ1n) is 7.71. The molecular weight excluding hydrogens is 261 g/mol. The zero-order valence-electron chi connectivity index (χ0n) is 13.6. The fourth-order valence-corrected chi connectivity index (χ4v) is 2.94. The van der Waals surface area contributed by atoms with Crippen molar-refractivity contribution in [3.8, 4) is 0 Å². The van der Waals surface area contributed by atoms with Gasteiger partial charge in [-0.3, -0.25) is 0 Å². The molecule has 3 nitrogen and oxygen atoms in total. The number of para-hydroxylation sites is 1. The van der Waals surface area contributed by atoms with Gasteiger partial charge in [-0.1, -0.05) is 18.2 Å². The van der Waals surface area contributed by atoms with Gasteiger partial charge >= 0.3 is 7.12 Å². The third kappa shape index (κ3) is 2.51. The van der Waals surface area contributed by atoms with Gasteiger partial charge in [0, 0.05) is 24.1 Å². The minimum atomic E-state index is -0.254. The molecule has 21 heavy (non-hydrogen) atoms. The van der Waals surface area contributed by atoms with E-state index in [4.69, 9.17) is 9.31 Å². The summed E-state index contributed by atoms with van der Waals surface area (Å²) in [5, 5.41) is 1.28. The quantitative estimate of drug-likeness (QED) is 0.785. The molecule has 4 heteroatoms. The van der Waals surface area contributed by atoms with Crippen LogP contribution in [0.4, 0.5) is 0 Å². The third-order valence-corrected chi connectivity index (χ3v) is 4.94. The fourth-order valence-electron chi connectivity index (χ4n) is 2.94. The van der Waals surface area contributed by atoms with Crippen molar-refractivity contribution in [2.24, 2.45) is 0 Å². The fraction of sp³-hybridized carbons (Fsp3) is 0.529. The highest BCUT2D eigenvalue weighted by Gasteiger charge is 2.51. The molecule has 0 saturated carbocycles. The van der Waals surface area contributed by atoms with Crippen LogP contribution in [0.1, 0.15) is 40.7 Å². The number of rotatable bonds is 3. The monoisotopic (exact) mass is 285 g/mol. The maximum atomic E-state index is 6.11. The van der Waals surface area contributed by atoms with Crippen LogP contribution in [0.25, 0.3) is 10.9 Å². The Labute approximate surface area is 127 Å². The molecule has 0 spiro atoms. The highest BCUT2D eigenvalue weighted by Crippen LogP contribution is 2.39. The molecule has 1 fully saturated rings. The number of nitrogens with zero attached hydrogens (tertiary/aromatic N) is 1. The van der Waals surface area contributed by atoms with Gasteiger partial charge in [-0.15, -0.1) is 0 Å². The molecule has 1 aromatic heterocycles. The Morgan fingerprint density at radius 1 is 1.05 bits per heavy atom. The molecule has 1 aliphatic heterocycles. The SMILES string of the molecule is C[C@@H](CB1OC(C)(C)C(C)(C)O1)n1ccc2ccccc21. The van der Waals surface area contributed by atoms with Crippen LogP contribution in [0.3, 0.4) is 0 Å². The maximum Gasteiger partial charge on any atom is 0.459 e. The number of benzene rings is 1. The molecule has 0 amide bonds. The largest absolute Gasteiger partial charge is 0.459 e. The van der Waals surface area contributed by atoms with E-state index in [9.17, 15) is 0 Å². The first kappa shape index (κ1) is 14.7. The van der Waals surface area contributed by atoms with Crippen LogP contribution in [0.2, 0.25) is 6.32 Å². The van der Waals surface area contributed by atoms with Crippen LogP contribution in [-0.4, -0.2) is 22.9 Å². The Morgan fingerprint density at radius 3 is 2.33 bits per heavy atom. The second-order valence-corrected chi connectivity index (χ2v) is 7.05. The van der Waals surface area contributed by atoms with Gasteiger partial charge in [0.2, 0.25) is 0 Å². The lowest BCUT2D eigenvalue weighted by molar-refractivity contribution is 0.00578. The number of hydrogen-bond donors (Lipinski definition) is 0. The van der Waals surface area contributed by atoms with Crippen LogP contribution in [0.5, 0.6) is 0 Å². The summed E-state index contributed by atoms with van der Waals surface area (Å²) < 4.78 is 14.5. The molecule has 0 N–H and O–H groups in total. The first-order valence-corrected chi connectivity index (χ1v) is 7.71. The summed E-state index contributed by atoms with van der Waals surface area (Å²) in [7, 11) is -0.147. The van der Waals surface area contributed by atoms with Crippen LogP contribution >= 0.6 is 0 Å². The highest BCUT2D eigenvalue weighted by molar-refractivity contribution is 6.45. The lowest BCUT2D eigenvalue weighted by Crippen LogP contribution is -2.41. The molecule has 0 bridgehead atoms. The zero-order chi connectivity index (χ0) is 15.3. The molecule has 1 atom stereocenters. The second kappa shape index (κ2) is 4.89. The van der Waals surface area contributed by atoms with E-state index in [-0.39, 0.29) is 18.3 Å². The van der Waals surface area contributed by atoms with Gasteiger partial charge in [0.05, 0.1) is 11.2 Å². The lowest BCUT2D eigenvalue weighted by Gasteiger charge is -2.32. The van der Waals surface area contributed by atoms with E-state index in [1.165, 1.54) is 10.9 Å². The maximum absolute atomic E-state index is 6.11. The summed E-state index contributed by atoms with van der Waals surface area (Å²) >= 11 is 0. The topological polar surface area (TPSA) is 23.4 Å². The molecule has 3 rings (SSSR count). The zero-order valence-corrected chi connectivity index (χ0v) is 13.6. The minimum Gasteiger partial charge on any atom is -0.403 e. The van der Waals surface area contributed by atoms with Gasteiger partial charge in [-0.25, -0.2) is 0 Å². The van der Waals surface area contributed by atoms with Crippen molar-refractivity contribution in [1.82, 2.24) is 4.57 Å². The smallest absolute Gasteiger partial charge is 0.403 e. The van der Waals surface area contributed by atoms with Gasteiger partial charge in [-0.05, 0) is 52.1 Å². The molecule has 1 aliphatic rings. The summed E-state index contributed by atoms with van der Waals surface area (Å²) in [5.74, 6) is 0. The van der Waals surface area contributed by atoms with E-state index >= 15 is 0 Å². The van der Waals surface area contributed by atoms with Crippen molar-refractivity contribution in [2.75, 3.05) is 0 Å². The normalized spacial score (nSPS) is 21.9. The van der Waals surface area contributed by atoms with Crippen LogP contribution in [-0.2, 0) is 9.31 Å². The summed E-state index contributed by atoms with van der Waals surface area (Å²) in [6.07, 6.45) is 3.01. The molecule has 1 aromatic carbocycles. The van der Waals surface area contributed by atoms with Crippen molar-refractivity contribution >= 4 is 18.0 Å². The Balaban J connectivity index is 1.77. The standard InChI is InChI=1S/C17H24BNO2/c1-13(12-18-20-16(2,3)17(4,5)21-18)19-11-10-14-8-6-7-9-15(14)19/h6-11,13H,12H2,1-5H3/t13-/m0/s1. The summed E-state index contributed by atoms with van der Waals surface area (Å²) in [5.41, 5.74) is 0.758. The van der Waals surface area contributed by atoms with E-state index in [0.29, 0.717) is 6.04 Å². The first-order chi connectivity index (χ1) is 9.80. The molecule has 2 heterocycles. The van der Waals surface area contributed by atoms with E-state index in [0.717, 1.165) is 6.32 Å². The molecule has 0 aliphatic carbocycles. The second-order valence-electron chi connectivity index (χ2n) is 7.05. The van der Waals surface area contributed by atoms with E-state index < -0.39 is 0 Å². The molecule has 2 aromatic rings. The lowest BCUT2D eigenvalue weighted by atomic mass is 9.81.